The fourth-order valence-electron chi connectivity index (χ4n) is 9.01. The number of anilines is 3. The predicted octanol–water partition coefficient (Wildman–Crippen LogP) is 7.65. The van der Waals surface area contributed by atoms with Crippen molar-refractivity contribution in [2.45, 2.75) is 13.1 Å². The molecule has 0 bridgehead atoms. The maximum absolute atomic E-state index is 2.70. The number of aromatic nitrogens is 1. The molecular weight excluding hydrogens is 547 g/mol. The molecule has 2 nitrogen and oxygen atoms in total. The maximum Gasteiger partial charge on any atom is 0.333 e. The fraction of sp³-hybridized carbons (Fsp3) is 0.0500. The molecule has 4 heterocycles. The molecule has 8 aromatic rings. The van der Waals surface area contributed by atoms with Crippen LogP contribution in [0.5, 0.6) is 0 Å². The van der Waals surface area contributed by atoms with Crippen LogP contribution in [0.4, 0.5) is 17.1 Å². The Balaban J connectivity index is 1.40. The average Bonchev–Trinajstić information content (AvgIpc) is 3.38. The molecule has 0 saturated heterocycles. The van der Waals surface area contributed by atoms with E-state index in [0.29, 0.717) is 0 Å². The molecule has 0 unspecified atom stereocenters. The molecule has 0 radical (unpaired) electrons. The molecule has 0 aliphatic carbocycles. The summed E-state index contributed by atoms with van der Waals surface area (Å²) in [5.41, 5.74) is 12.3. The molecule has 204 valence electrons. The van der Waals surface area contributed by atoms with E-state index in [-0.39, 0.29) is 6.85 Å². The summed E-state index contributed by atoms with van der Waals surface area (Å²) < 4.78 is 2.70. The molecule has 0 amide bonds. The van der Waals surface area contributed by atoms with Gasteiger partial charge in [0, 0.05) is 44.1 Å². The number of rotatable bonds is 0. The van der Waals surface area contributed by atoms with Crippen molar-refractivity contribution in [3.63, 3.8) is 0 Å². The van der Waals surface area contributed by atoms with Gasteiger partial charge >= 0.3 is 6.85 Å². The normalized spacial score (nSPS) is 15.1. The van der Waals surface area contributed by atoms with E-state index in [0.717, 1.165) is 0 Å². The van der Waals surface area contributed by atoms with Crippen LogP contribution in [0, 0.1) is 0 Å². The van der Waals surface area contributed by atoms with Crippen molar-refractivity contribution < 1.29 is 0 Å². The minimum absolute atomic E-state index is 0.0851. The van der Waals surface area contributed by atoms with Crippen LogP contribution in [0.25, 0.3) is 54.5 Å². The Bertz CT molecular complexity index is 2610. The third kappa shape index (κ3) is 2.58. The fourth-order valence-corrected chi connectivity index (χ4v) is 12.0. The van der Waals surface area contributed by atoms with Crippen molar-refractivity contribution in [3.8, 4) is 11.1 Å². The molecule has 11 rings (SSSR count). The molecule has 44 heavy (non-hydrogen) atoms. The van der Waals surface area contributed by atoms with Crippen molar-refractivity contribution in [2.75, 3.05) is 4.90 Å². The molecule has 1 aromatic heterocycles. The van der Waals surface area contributed by atoms with Gasteiger partial charge < -0.3 is 9.38 Å². The Kier molecular flexibility index (Phi) is 4.10. The lowest BCUT2D eigenvalue weighted by Crippen LogP contribution is -2.65. The number of fused-ring (bicyclic) bond motifs is 12. The summed E-state index contributed by atoms with van der Waals surface area (Å²) in [6.45, 7) is 5.16. The van der Waals surface area contributed by atoms with Gasteiger partial charge in [-0.3, -0.25) is 0 Å². The molecule has 0 spiro atoms. The first-order valence-electron chi connectivity index (χ1n) is 15.7. The third-order valence-corrected chi connectivity index (χ3v) is 14.4. The molecule has 0 fully saturated rings. The zero-order valence-electron chi connectivity index (χ0n) is 24.6. The van der Waals surface area contributed by atoms with Crippen LogP contribution in [-0.2, 0) is 0 Å². The van der Waals surface area contributed by atoms with Crippen LogP contribution in [0.1, 0.15) is 0 Å². The summed E-state index contributed by atoms with van der Waals surface area (Å²) in [6, 6.07) is 48.5. The average molecular weight is 575 g/mol. The van der Waals surface area contributed by atoms with Gasteiger partial charge in [-0.15, -0.1) is 0 Å². The van der Waals surface area contributed by atoms with Gasteiger partial charge in [0.1, 0.15) is 8.07 Å². The topological polar surface area (TPSA) is 8.17 Å². The predicted molar refractivity (Wildman–Crippen MR) is 192 cm³/mol. The first-order valence-corrected chi connectivity index (χ1v) is 18.7. The number of hydrogen-bond donors (Lipinski definition) is 0. The van der Waals surface area contributed by atoms with Gasteiger partial charge in [-0.1, -0.05) is 116 Å². The Labute approximate surface area is 256 Å². The van der Waals surface area contributed by atoms with Crippen molar-refractivity contribution in [3.05, 3.63) is 127 Å². The minimum Gasteiger partial charge on any atom is -0.375 e. The Morgan fingerprint density at radius 2 is 1.25 bits per heavy atom. The summed E-state index contributed by atoms with van der Waals surface area (Å²) in [4.78, 5) is 2.65. The van der Waals surface area contributed by atoms with E-state index in [9.17, 15) is 0 Å². The van der Waals surface area contributed by atoms with E-state index in [1.54, 1.807) is 0 Å². The molecular formula is C40H27BN2Si. The zero-order chi connectivity index (χ0) is 28.9. The van der Waals surface area contributed by atoms with Gasteiger partial charge in [-0.2, -0.15) is 0 Å². The number of benzene rings is 7. The highest BCUT2D eigenvalue weighted by Crippen LogP contribution is 2.48. The smallest absolute Gasteiger partial charge is 0.333 e. The lowest BCUT2D eigenvalue weighted by atomic mass is 9.45. The zero-order valence-corrected chi connectivity index (χ0v) is 25.6. The first kappa shape index (κ1) is 23.4. The number of hydrogen-bond acceptors (Lipinski definition) is 1. The largest absolute Gasteiger partial charge is 0.375 e. The second-order valence-corrected chi connectivity index (χ2v) is 17.6. The van der Waals surface area contributed by atoms with E-state index in [1.807, 2.05) is 0 Å². The molecule has 0 atom stereocenters. The van der Waals surface area contributed by atoms with E-state index in [4.69, 9.17) is 0 Å². The maximum atomic E-state index is 2.70. The van der Waals surface area contributed by atoms with Gasteiger partial charge in [0.05, 0.1) is 5.69 Å². The van der Waals surface area contributed by atoms with E-state index in [2.05, 4.69) is 150 Å². The molecule has 4 heteroatoms. The van der Waals surface area contributed by atoms with Crippen LogP contribution in [0.15, 0.2) is 127 Å². The van der Waals surface area contributed by atoms with E-state index in [1.165, 1.54) is 92.8 Å². The van der Waals surface area contributed by atoms with Crippen molar-refractivity contribution in [1.82, 2.24) is 4.48 Å². The summed E-state index contributed by atoms with van der Waals surface area (Å²) in [5, 5.41) is 10.9. The Morgan fingerprint density at radius 3 is 2.14 bits per heavy atom. The summed E-state index contributed by atoms with van der Waals surface area (Å²) >= 11 is 0. The molecule has 0 N–H and O–H groups in total. The number of para-hydroxylation sites is 3. The summed E-state index contributed by atoms with van der Waals surface area (Å²) in [5.74, 6) is 0. The summed E-state index contributed by atoms with van der Waals surface area (Å²) in [7, 11) is -1.97. The van der Waals surface area contributed by atoms with Crippen molar-refractivity contribution in [1.29, 1.82) is 0 Å². The highest BCUT2D eigenvalue weighted by molar-refractivity contribution is 7.04. The SMILES string of the molecule is C[Si]1(C)c2ccccc2N2c3c(cccc31)B1c3c(cc4ccccc4c32)-c2cccc3c4cc5ccccc5cc4n1c23. The Hall–Kier alpha value is -5.06. The first-order chi connectivity index (χ1) is 21.6. The standard InChI is InChI=1S/C40H27BN2Si/c1-44(2)35-19-8-7-18-33(35)42-39-27-14-6-5-13-26(27)22-31-29-16-9-15-28-30-21-24-11-3-4-12-25(24)23-34(30)43(38(28)29)41(37(31)39)32-17-10-20-36(44)40(32)42/h3-23H,1-2H3. The highest BCUT2D eigenvalue weighted by atomic mass is 28.3. The van der Waals surface area contributed by atoms with Gasteiger partial charge in [0.15, 0.2) is 0 Å². The molecule has 3 aliphatic heterocycles. The molecule has 7 aromatic carbocycles. The lowest BCUT2D eigenvalue weighted by Gasteiger charge is -2.48. The van der Waals surface area contributed by atoms with Gasteiger partial charge in [-0.25, -0.2) is 0 Å². The Morgan fingerprint density at radius 1 is 0.545 bits per heavy atom. The second-order valence-electron chi connectivity index (χ2n) is 13.3. The molecule has 3 aliphatic rings. The van der Waals surface area contributed by atoms with Crippen LogP contribution in [0.2, 0.25) is 13.1 Å². The van der Waals surface area contributed by atoms with E-state index >= 15 is 0 Å². The summed E-state index contributed by atoms with van der Waals surface area (Å²) in [6.07, 6.45) is 0. The van der Waals surface area contributed by atoms with Crippen LogP contribution < -0.4 is 26.2 Å². The van der Waals surface area contributed by atoms with Crippen LogP contribution >= 0.6 is 0 Å². The minimum atomic E-state index is -1.97. The van der Waals surface area contributed by atoms with Crippen molar-refractivity contribution in [2.24, 2.45) is 0 Å². The number of nitrogens with zero attached hydrogens (tertiary/aromatic N) is 2. The quantitative estimate of drug-likeness (QED) is 0.169. The third-order valence-electron chi connectivity index (χ3n) is 10.9. The van der Waals surface area contributed by atoms with Crippen LogP contribution in [0.3, 0.4) is 0 Å². The van der Waals surface area contributed by atoms with Crippen molar-refractivity contribution >= 4 is 96.6 Å². The van der Waals surface area contributed by atoms with Gasteiger partial charge in [0.2, 0.25) is 0 Å². The van der Waals surface area contributed by atoms with Gasteiger partial charge in [0.25, 0.3) is 0 Å². The molecule has 0 saturated carbocycles. The monoisotopic (exact) mass is 574 g/mol. The lowest BCUT2D eigenvalue weighted by molar-refractivity contribution is 1.27. The second kappa shape index (κ2) is 7.71. The highest BCUT2D eigenvalue weighted by Gasteiger charge is 2.48. The van der Waals surface area contributed by atoms with Crippen LogP contribution in [-0.4, -0.2) is 19.4 Å². The van der Waals surface area contributed by atoms with Gasteiger partial charge in [-0.05, 0) is 67.3 Å². The van der Waals surface area contributed by atoms with E-state index < -0.39 is 8.07 Å².